The van der Waals surface area contributed by atoms with Crippen LogP contribution in [0.5, 0.6) is 0 Å². The van der Waals surface area contributed by atoms with Crippen molar-refractivity contribution in [3.05, 3.63) is 69.0 Å². The Balaban J connectivity index is 1.60. The molecule has 0 spiro atoms. The highest BCUT2D eigenvalue weighted by Gasteiger charge is 2.30. The number of benzene rings is 1. The zero-order valence-electron chi connectivity index (χ0n) is 17.8. The molecule has 1 fully saturated rings. The van der Waals surface area contributed by atoms with Crippen molar-refractivity contribution in [1.29, 1.82) is 0 Å². The molecule has 4 rings (SSSR count). The van der Waals surface area contributed by atoms with E-state index in [-0.39, 0.29) is 22.9 Å². The molecule has 0 amide bonds. The molecule has 0 N–H and O–H groups in total. The molecule has 0 aliphatic carbocycles. The van der Waals surface area contributed by atoms with Gasteiger partial charge in [0.15, 0.2) is 0 Å². The van der Waals surface area contributed by atoms with Gasteiger partial charge in [-0.1, -0.05) is 19.1 Å². The van der Waals surface area contributed by atoms with Crippen LogP contribution in [-0.4, -0.2) is 38.5 Å². The standard InChI is InChI=1S/C22H26N2O4S4/c1-18-5-2-12-23(15-18)31(25,26)21-8-10-22(11-9-21)32(27,28)24(16-19-6-3-13-29-19)17-20-7-4-14-30-20/h3-4,6-11,13-14,18H,2,5,12,15-17H2,1H3. The predicted molar refractivity (Wildman–Crippen MR) is 129 cm³/mol. The van der Waals surface area contributed by atoms with E-state index >= 15 is 0 Å². The normalized spacial score (nSPS) is 18.2. The van der Waals surface area contributed by atoms with E-state index in [1.54, 1.807) is 0 Å². The Morgan fingerprint density at radius 2 is 1.47 bits per heavy atom. The van der Waals surface area contributed by atoms with Crippen LogP contribution in [0.2, 0.25) is 0 Å². The van der Waals surface area contributed by atoms with E-state index in [4.69, 9.17) is 0 Å². The Bertz CT molecular complexity index is 1180. The molecule has 1 unspecified atom stereocenters. The van der Waals surface area contributed by atoms with Crippen LogP contribution < -0.4 is 0 Å². The molecule has 32 heavy (non-hydrogen) atoms. The molecule has 6 nitrogen and oxygen atoms in total. The van der Waals surface area contributed by atoms with Crippen molar-refractivity contribution in [2.75, 3.05) is 13.1 Å². The highest BCUT2D eigenvalue weighted by atomic mass is 32.2. The second-order valence-corrected chi connectivity index (χ2v) is 14.0. The summed E-state index contributed by atoms with van der Waals surface area (Å²) in [6, 6.07) is 13.3. The van der Waals surface area contributed by atoms with Crippen LogP contribution >= 0.6 is 22.7 Å². The number of rotatable bonds is 8. The van der Waals surface area contributed by atoms with Crippen molar-refractivity contribution in [3.8, 4) is 0 Å². The first-order valence-corrected chi connectivity index (χ1v) is 15.1. The van der Waals surface area contributed by atoms with Crippen molar-refractivity contribution >= 4 is 42.7 Å². The van der Waals surface area contributed by atoms with Crippen LogP contribution in [0.15, 0.2) is 69.1 Å². The summed E-state index contributed by atoms with van der Waals surface area (Å²) < 4.78 is 55.9. The van der Waals surface area contributed by atoms with Crippen molar-refractivity contribution in [2.45, 2.75) is 42.6 Å². The first kappa shape index (κ1) is 23.6. The SMILES string of the molecule is CC1CCCN(S(=O)(=O)c2ccc(S(=O)(=O)N(Cc3cccs3)Cc3cccs3)cc2)C1. The number of sulfonamides is 2. The molecule has 0 bridgehead atoms. The molecule has 10 heteroatoms. The van der Waals surface area contributed by atoms with Gasteiger partial charge >= 0.3 is 0 Å². The largest absolute Gasteiger partial charge is 0.243 e. The minimum absolute atomic E-state index is 0.0941. The topological polar surface area (TPSA) is 74.8 Å². The molecule has 1 aliphatic rings. The van der Waals surface area contributed by atoms with E-state index in [9.17, 15) is 16.8 Å². The Hall–Kier alpha value is -1.56. The first-order valence-electron chi connectivity index (χ1n) is 10.4. The summed E-state index contributed by atoms with van der Waals surface area (Å²) >= 11 is 3.02. The fraction of sp³-hybridized carbons (Fsp3) is 0.364. The number of hydrogen-bond acceptors (Lipinski definition) is 6. The first-order chi connectivity index (χ1) is 15.3. The van der Waals surface area contributed by atoms with Crippen molar-refractivity contribution in [3.63, 3.8) is 0 Å². The molecule has 3 heterocycles. The molecule has 0 radical (unpaired) electrons. The summed E-state index contributed by atoms with van der Waals surface area (Å²) in [6.45, 7) is 3.58. The fourth-order valence-electron chi connectivity index (χ4n) is 3.82. The molecule has 2 aromatic heterocycles. The van der Waals surface area contributed by atoms with Crippen LogP contribution in [0.3, 0.4) is 0 Å². The number of thiophene rings is 2. The van der Waals surface area contributed by atoms with Crippen molar-refractivity contribution < 1.29 is 16.8 Å². The maximum Gasteiger partial charge on any atom is 0.243 e. The number of hydrogen-bond donors (Lipinski definition) is 0. The van der Waals surface area contributed by atoms with Crippen LogP contribution in [0, 0.1) is 5.92 Å². The van der Waals surface area contributed by atoms with Gasteiger partial charge < -0.3 is 0 Å². The summed E-state index contributed by atoms with van der Waals surface area (Å²) in [7, 11) is -7.44. The Labute approximate surface area is 198 Å². The molecule has 0 saturated carbocycles. The lowest BCUT2D eigenvalue weighted by Gasteiger charge is -2.30. The second-order valence-electron chi connectivity index (χ2n) is 8.01. The van der Waals surface area contributed by atoms with E-state index in [0.29, 0.717) is 19.0 Å². The van der Waals surface area contributed by atoms with Gasteiger partial charge in [-0.25, -0.2) is 16.8 Å². The van der Waals surface area contributed by atoms with Crippen molar-refractivity contribution in [1.82, 2.24) is 8.61 Å². The summed E-state index contributed by atoms with van der Waals surface area (Å²) in [4.78, 5) is 2.12. The highest BCUT2D eigenvalue weighted by Crippen LogP contribution is 2.27. The highest BCUT2D eigenvalue weighted by molar-refractivity contribution is 7.89. The Morgan fingerprint density at radius 3 is 1.97 bits per heavy atom. The lowest BCUT2D eigenvalue weighted by atomic mass is 10.0. The van der Waals surface area contributed by atoms with Gasteiger partial charge in [-0.15, -0.1) is 22.7 Å². The third-order valence-corrected chi connectivity index (χ3v) is 11.0. The van der Waals surface area contributed by atoms with Gasteiger partial charge in [0.05, 0.1) is 9.79 Å². The van der Waals surface area contributed by atoms with Gasteiger partial charge in [0.1, 0.15) is 0 Å². The Morgan fingerprint density at radius 1 is 0.906 bits per heavy atom. The molecule has 1 aromatic carbocycles. The molecular weight excluding hydrogens is 485 g/mol. The van der Waals surface area contributed by atoms with Gasteiger partial charge in [0.25, 0.3) is 0 Å². The monoisotopic (exact) mass is 510 g/mol. The molecular formula is C22H26N2O4S4. The van der Waals surface area contributed by atoms with E-state index in [0.717, 1.165) is 22.6 Å². The zero-order chi connectivity index (χ0) is 22.8. The average Bonchev–Trinajstić information content (AvgIpc) is 3.48. The lowest BCUT2D eigenvalue weighted by Crippen LogP contribution is -2.39. The number of nitrogens with zero attached hydrogens (tertiary/aromatic N) is 2. The Kier molecular flexibility index (Phi) is 7.18. The quantitative estimate of drug-likeness (QED) is 0.443. The lowest BCUT2D eigenvalue weighted by molar-refractivity contribution is 0.281. The van der Waals surface area contributed by atoms with Crippen LogP contribution in [0.25, 0.3) is 0 Å². The second kappa shape index (κ2) is 9.74. The minimum Gasteiger partial charge on any atom is -0.207 e. The molecule has 1 saturated heterocycles. The minimum atomic E-state index is -3.81. The van der Waals surface area contributed by atoms with Gasteiger partial charge in [0.2, 0.25) is 20.0 Å². The van der Waals surface area contributed by atoms with Gasteiger partial charge in [0, 0.05) is 35.9 Å². The van der Waals surface area contributed by atoms with E-state index in [2.05, 4.69) is 0 Å². The van der Waals surface area contributed by atoms with Gasteiger partial charge in [-0.05, 0) is 65.9 Å². The average molecular weight is 511 g/mol. The van der Waals surface area contributed by atoms with E-state index < -0.39 is 20.0 Å². The van der Waals surface area contributed by atoms with Gasteiger partial charge in [-0.2, -0.15) is 8.61 Å². The number of piperidine rings is 1. The van der Waals surface area contributed by atoms with Crippen LogP contribution in [-0.2, 0) is 33.1 Å². The zero-order valence-corrected chi connectivity index (χ0v) is 21.0. The van der Waals surface area contributed by atoms with Gasteiger partial charge in [-0.3, -0.25) is 0 Å². The molecule has 3 aromatic rings. The van der Waals surface area contributed by atoms with E-state index in [1.165, 1.54) is 55.5 Å². The summed E-state index contributed by atoms with van der Waals surface area (Å²) in [6.07, 6.45) is 1.86. The fourth-order valence-corrected chi connectivity index (χ4v) is 8.42. The van der Waals surface area contributed by atoms with Crippen molar-refractivity contribution in [2.24, 2.45) is 5.92 Å². The molecule has 172 valence electrons. The third-order valence-electron chi connectivity index (χ3n) is 5.54. The summed E-state index contributed by atoms with van der Waals surface area (Å²) in [5, 5.41) is 3.85. The predicted octanol–water partition coefficient (Wildman–Crippen LogP) is 4.62. The maximum absolute atomic E-state index is 13.5. The smallest absolute Gasteiger partial charge is 0.207 e. The van der Waals surface area contributed by atoms with Crippen LogP contribution in [0.4, 0.5) is 0 Å². The molecule has 1 aliphatic heterocycles. The summed E-state index contributed by atoms with van der Waals surface area (Å²) in [5.74, 6) is 0.321. The maximum atomic E-state index is 13.5. The summed E-state index contributed by atoms with van der Waals surface area (Å²) in [5.41, 5.74) is 0. The van der Waals surface area contributed by atoms with E-state index in [1.807, 2.05) is 41.9 Å². The third kappa shape index (κ3) is 5.16. The molecule has 1 atom stereocenters. The van der Waals surface area contributed by atoms with Crippen LogP contribution in [0.1, 0.15) is 29.5 Å².